The zero-order chi connectivity index (χ0) is 17.5. The van der Waals surface area contributed by atoms with Crippen LogP contribution in [0.4, 0.5) is 10.5 Å². The summed E-state index contributed by atoms with van der Waals surface area (Å²) in [7, 11) is 0. The first-order valence-corrected chi connectivity index (χ1v) is 7.94. The van der Waals surface area contributed by atoms with E-state index in [0.29, 0.717) is 10.7 Å². The zero-order valence-electron chi connectivity index (χ0n) is 13.5. The van der Waals surface area contributed by atoms with Gasteiger partial charge in [-0.1, -0.05) is 55.8 Å². The van der Waals surface area contributed by atoms with Gasteiger partial charge in [0.05, 0.1) is 5.02 Å². The number of para-hydroxylation sites is 2. The normalized spacial score (nSPS) is 11.7. The van der Waals surface area contributed by atoms with Crippen molar-refractivity contribution in [2.45, 2.75) is 19.9 Å². The lowest BCUT2D eigenvalue weighted by Gasteiger charge is -2.21. The van der Waals surface area contributed by atoms with Crippen LogP contribution in [0.3, 0.4) is 0 Å². The first-order chi connectivity index (χ1) is 11.5. The van der Waals surface area contributed by atoms with E-state index in [2.05, 4.69) is 10.6 Å². The molecule has 0 aromatic heterocycles. The van der Waals surface area contributed by atoms with Crippen LogP contribution in [0.1, 0.15) is 13.8 Å². The highest BCUT2D eigenvalue weighted by molar-refractivity contribution is 6.32. The lowest BCUT2D eigenvalue weighted by molar-refractivity contribution is -0.137. The minimum absolute atomic E-state index is 0.151. The maximum absolute atomic E-state index is 12.4. The molecule has 0 spiro atoms. The Balaban J connectivity index is 2.02. The van der Waals surface area contributed by atoms with Gasteiger partial charge in [-0.05, 0) is 30.2 Å². The van der Waals surface area contributed by atoms with Gasteiger partial charge in [0, 0.05) is 5.69 Å². The number of urea groups is 1. The summed E-state index contributed by atoms with van der Waals surface area (Å²) in [6.45, 7) is 3.64. The van der Waals surface area contributed by atoms with Crippen LogP contribution >= 0.6 is 11.6 Å². The summed E-state index contributed by atoms with van der Waals surface area (Å²) in [5.74, 6) is -0.456. The summed E-state index contributed by atoms with van der Waals surface area (Å²) < 4.78 is 5.31. The first-order valence-electron chi connectivity index (χ1n) is 7.56. The zero-order valence-corrected chi connectivity index (χ0v) is 14.2. The van der Waals surface area contributed by atoms with E-state index >= 15 is 0 Å². The molecule has 2 N–H and O–H groups in total. The third-order valence-corrected chi connectivity index (χ3v) is 3.60. The summed E-state index contributed by atoms with van der Waals surface area (Å²) >= 11 is 5.99. The topological polar surface area (TPSA) is 67.4 Å². The third-order valence-electron chi connectivity index (χ3n) is 3.29. The number of nitrogens with one attached hydrogen (secondary N) is 2. The van der Waals surface area contributed by atoms with E-state index in [1.54, 1.807) is 48.5 Å². The van der Waals surface area contributed by atoms with Gasteiger partial charge < -0.3 is 15.4 Å². The van der Waals surface area contributed by atoms with Gasteiger partial charge in [0.25, 0.3) is 0 Å². The molecule has 126 valence electrons. The number of ether oxygens (including phenoxy) is 1. The Morgan fingerprint density at radius 1 is 1.00 bits per heavy atom. The molecule has 2 aromatic carbocycles. The molecule has 5 nitrogen and oxygen atoms in total. The highest BCUT2D eigenvalue weighted by atomic mass is 35.5. The van der Waals surface area contributed by atoms with Crippen LogP contribution in [0.2, 0.25) is 5.02 Å². The summed E-state index contributed by atoms with van der Waals surface area (Å²) in [6.07, 6.45) is 0. The molecule has 2 amide bonds. The maximum Gasteiger partial charge on any atom is 0.334 e. The van der Waals surface area contributed by atoms with Crippen molar-refractivity contribution in [2.75, 3.05) is 5.32 Å². The van der Waals surface area contributed by atoms with Gasteiger partial charge in [0.2, 0.25) is 0 Å². The smallest absolute Gasteiger partial charge is 0.334 e. The van der Waals surface area contributed by atoms with E-state index in [-0.39, 0.29) is 11.7 Å². The second-order valence-corrected chi connectivity index (χ2v) is 5.94. The molecule has 1 atom stereocenters. The Bertz CT molecular complexity index is 704. The molecule has 0 saturated carbocycles. The fraction of sp³-hybridized carbons (Fsp3) is 0.222. The number of carbonyl (C=O) groups excluding carboxylic acids is 2. The van der Waals surface area contributed by atoms with Crippen LogP contribution in [0, 0.1) is 5.92 Å². The van der Waals surface area contributed by atoms with Gasteiger partial charge in [-0.25, -0.2) is 9.59 Å². The summed E-state index contributed by atoms with van der Waals surface area (Å²) in [5.41, 5.74) is 0.636. The minimum atomic E-state index is -0.801. The van der Waals surface area contributed by atoms with Gasteiger partial charge in [0.15, 0.2) is 0 Å². The highest BCUT2D eigenvalue weighted by Gasteiger charge is 2.26. The molecule has 24 heavy (non-hydrogen) atoms. The Morgan fingerprint density at radius 2 is 1.62 bits per heavy atom. The summed E-state index contributed by atoms with van der Waals surface area (Å²) in [5, 5.41) is 5.65. The monoisotopic (exact) mass is 346 g/mol. The second kappa shape index (κ2) is 8.36. The molecular formula is C18H19ClN2O3. The van der Waals surface area contributed by atoms with Crippen LogP contribution in [0.15, 0.2) is 54.6 Å². The summed E-state index contributed by atoms with van der Waals surface area (Å²) in [6, 6.07) is 14.4. The molecule has 0 radical (unpaired) electrons. The lowest BCUT2D eigenvalue weighted by atomic mass is 10.1. The molecule has 1 unspecified atom stereocenters. The number of hydrogen-bond acceptors (Lipinski definition) is 3. The molecular weight excluding hydrogens is 328 g/mol. The molecule has 6 heteroatoms. The SMILES string of the molecule is CC(C)C(NC(=O)Nc1ccccc1)C(=O)Oc1ccccc1Cl. The molecule has 0 aliphatic carbocycles. The van der Waals surface area contributed by atoms with Crippen molar-refractivity contribution >= 4 is 29.3 Å². The number of anilines is 1. The highest BCUT2D eigenvalue weighted by Crippen LogP contribution is 2.24. The van der Waals surface area contributed by atoms with Crippen LogP contribution in [0.25, 0.3) is 0 Å². The van der Waals surface area contributed by atoms with Gasteiger partial charge in [-0.2, -0.15) is 0 Å². The number of rotatable bonds is 5. The molecule has 2 rings (SSSR count). The van der Waals surface area contributed by atoms with Crippen molar-refractivity contribution in [2.24, 2.45) is 5.92 Å². The number of halogens is 1. The molecule has 2 aromatic rings. The van der Waals surface area contributed by atoms with Crippen LogP contribution < -0.4 is 15.4 Å². The summed E-state index contributed by atoms with van der Waals surface area (Å²) in [4.78, 5) is 24.5. The van der Waals surface area contributed by atoms with Gasteiger partial charge in [-0.3, -0.25) is 0 Å². The molecule has 0 bridgehead atoms. The van der Waals surface area contributed by atoms with Crippen LogP contribution in [-0.2, 0) is 4.79 Å². The molecule has 0 aliphatic heterocycles. The van der Waals surface area contributed by atoms with E-state index in [1.165, 1.54) is 0 Å². The number of esters is 1. The van der Waals surface area contributed by atoms with Gasteiger partial charge >= 0.3 is 12.0 Å². The van der Waals surface area contributed by atoms with E-state index < -0.39 is 18.0 Å². The third kappa shape index (κ3) is 4.99. The minimum Gasteiger partial charge on any atom is -0.423 e. The lowest BCUT2D eigenvalue weighted by Crippen LogP contribution is -2.48. The predicted octanol–water partition coefficient (Wildman–Crippen LogP) is 4.09. The van der Waals surface area contributed by atoms with Crippen molar-refractivity contribution in [3.63, 3.8) is 0 Å². The Kier molecular flexibility index (Phi) is 6.21. The van der Waals surface area contributed by atoms with Gasteiger partial charge in [-0.15, -0.1) is 0 Å². The van der Waals surface area contributed by atoms with E-state index in [1.807, 2.05) is 19.9 Å². The number of hydrogen-bond donors (Lipinski definition) is 2. The molecule has 0 heterocycles. The van der Waals surface area contributed by atoms with Crippen molar-refractivity contribution in [1.29, 1.82) is 0 Å². The Hall–Kier alpha value is -2.53. The Morgan fingerprint density at radius 3 is 2.25 bits per heavy atom. The average Bonchev–Trinajstić information content (AvgIpc) is 2.55. The second-order valence-electron chi connectivity index (χ2n) is 5.54. The van der Waals surface area contributed by atoms with Crippen molar-refractivity contribution < 1.29 is 14.3 Å². The first kappa shape index (κ1) is 17.8. The fourth-order valence-electron chi connectivity index (χ4n) is 2.03. The van der Waals surface area contributed by atoms with E-state index in [0.717, 1.165) is 0 Å². The van der Waals surface area contributed by atoms with E-state index in [4.69, 9.17) is 16.3 Å². The molecule has 0 saturated heterocycles. The van der Waals surface area contributed by atoms with Crippen molar-refractivity contribution in [3.05, 3.63) is 59.6 Å². The van der Waals surface area contributed by atoms with Crippen LogP contribution in [-0.4, -0.2) is 18.0 Å². The van der Waals surface area contributed by atoms with E-state index in [9.17, 15) is 9.59 Å². The van der Waals surface area contributed by atoms with Crippen LogP contribution in [0.5, 0.6) is 5.75 Å². The average molecular weight is 347 g/mol. The largest absolute Gasteiger partial charge is 0.423 e. The van der Waals surface area contributed by atoms with Gasteiger partial charge in [0.1, 0.15) is 11.8 Å². The standard InChI is InChI=1S/C18H19ClN2O3/c1-12(2)16(17(22)24-15-11-7-6-10-14(15)19)21-18(23)20-13-8-4-3-5-9-13/h3-12,16H,1-2H3,(H2,20,21,23). The molecule has 0 aliphatic rings. The molecule has 0 fully saturated rings. The number of amides is 2. The van der Waals surface area contributed by atoms with Crippen molar-refractivity contribution in [1.82, 2.24) is 5.32 Å². The maximum atomic E-state index is 12.4. The van der Waals surface area contributed by atoms with Crippen molar-refractivity contribution in [3.8, 4) is 5.75 Å². The predicted molar refractivity (Wildman–Crippen MR) is 94.3 cm³/mol. The number of carbonyl (C=O) groups is 2. The Labute approximate surface area is 146 Å². The quantitative estimate of drug-likeness (QED) is 0.633. The fourth-order valence-corrected chi connectivity index (χ4v) is 2.20. The number of benzene rings is 2.